The molecule has 1 saturated carbocycles. The van der Waals surface area contributed by atoms with Gasteiger partial charge in [0.05, 0.1) is 31.1 Å². The molecule has 0 spiro atoms. The van der Waals surface area contributed by atoms with Crippen LogP contribution in [-0.2, 0) is 14.9 Å². The Morgan fingerprint density at radius 1 is 1.11 bits per heavy atom. The molecular weight excluding hydrogens is 374 g/mol. The third-order valence-corrected chi connectivity index (χ3v) is 5.85. The fourth-order valence-electron chi connectivity index (χ4n) is 3.75. The summed E-state index contributed by atoms with van der Waals surface area (Å²) in [5.41, 5.74) is 3.37. The molecule has 2 aliphatic rings. The lowest BCUT2D eigenvalue weighted by molar-refractivity contribution is -0.119. The van der Waals surface area contributed by atoms with Gasteiger partial charge in [0.2, 0.25) is 5.91 Å². The van der Waals surface area contributed by atoms with Crippen LogP contribution in [0.4, 0.5) is 11.4 Å². The smallest absolute Gasteiger partial charge is 0.239 e. The number of halogens is 1. The Hall–Kier alpha value is -2.24. The second-order valence-electron chi connectivity index (χ2n) is 7.54. The number of hydrogen-bond donors (Lipinski definition) is 2. The van der Waals surface area contributed by atoms with E-state index in [1.807, 2.05) is 24.3 Å². The van der Waals surface area contributed by atoms with Gasteiger partial charge in [-0.05, 0) is 36.6 Å². The molecule has 0 unspecified atom stereocenters. The Morgan fingerprint density at radius 2 is 1.86 bits per heavy atom. The van der Waals surface area contributed by atoms with Crippen molar-refractivity contribution in [3.05, 3.63) is 59.1 Å². The number of rotatable bonds is 7. The molecular formula is C22H26ClN3O2. The Bertz CT molecular complexity index is 818. The molecule has 1 heterocycles. The van der Waals surface area contributed by atoms with Crippen LogP contribution in [0.25, 0.3) is 0 Å². The van der Waals surface area contributed by atoms with E-state index >= 15 is 0 Å². The van der Waals surface area contributed by atoms with E-state index < -0.39 is 0 Å². The molecule has 1 saturated heterocycles. The summed E-state index contributed by atoms with van der Waals surface area (Å²) in [7, 11) is 0. The fraction of sp³-hybridized carbons (Fsp3) is 0.409. The number of hydrogen-bond acceptors (Lipinski definition) is 4. The van der Waals surface area contributed by atoms with Gasteiger partial charge < -0.3 is 20.3 Å². The maximum atomic E-state index is 12.5. The van der Waals surface area contributed by atoms with E-state index in [1.54, 1.807) is 0 Å². The minimum Gasteiger partial charge on any atom is -0.378 e. The van der Waals surface area contributed by atoms with E-state index in [-0.39, 0.29) is 17.9 Å². The number of benzene rings is 2. The Balaban J connectivity index is 1.34. The molecule has 1 aliphatic carbocycles. The monoisotopic (exact) mass is 399 g/mol. The second-order valence-corrected chi connectivity index (χ2v) is 7.97. The van der Waals surface area contributed by atoms with E-state index in [0.717, 1.165) is 37.3 Å². The predicted octanol–water partition coefficient (Wildman–Crippen LogP) is 3.44. The first-order valence-electron chi connectivity index (χ1n) is 9.85. The zero-order chi connectivity index (χ0) is 19.4. The minimum absolute atomic E-state index is 0.00453. The van der Waals surface area contributed by atoms with Gasteiger partial charge in [-0.2, -0.15) is 0 Å². The van der Waals surface area contributed by atoms with Gasteiger partial charge in [0.25, 0.3) is 0 Å². The van der Waals surface area contributed by atoms with Crippen molar-refractivity contribution in [2.75, 3.05) is 49.6 Å². The first-order chi connectivity index (χ1) is 13.7. The molecule has 28 heavy (non-hydrogen) atoms. The molecule has 2 fully saturated rings. The van der Waals surface area contributed by atoms with Crippen molar-refractivity contribution < 1.29 is 9.53 Å². The van der Waals surface area contributed by atoms with Crippen molar-refractivity contribution in [2.45, 2.75) is 18.3 Å². The van der Waals surface area contributed by atoms with Crippen molar-refractivity contribution in [3.63, 3.8) is 0 Å². The lowest BCUT2D eigenvalue weighted by Crippen LogP contribution is -2.38. The van der Waals surface area contributed by atoms with E-state index in [0.29, 0.717) is 24.8 Å². The first kappa shape index (κ1) is 19.1. The molecule has 4 rings (SSSR count). The number of nitrogens with zero attached hydrogens (tertiary/aromatic N) is 1. The summed E-state index contributed by atoms with van der Waals surface area (Å²) in [6, 6.07) is 16.2. The van der Waals surface area contributed by atoms with Crippen LogP contribution in [0.2, 0.25) is 5.02 Å². The largest absolute Gasteiger partial charge is 0.378 e. The number of ether oxygens (including phenoxy) is 1. The van der Waals surface area contributed by atoms with Crippen LogP contribution < -0.4 is 15.5 Å². The second kappa shape index (κ2) is 8.41. The molecule has 148 valence electrons. The van der Waals surface area contributed by atoms with Crippen LogP contribution in [0.5, 0.6) is 0 Å². The number of morpholine rings is 1. The summed E-state index contributed by atoms with van der Waals surface area (Å²) in [5, 5.41) is 7.02. The SMILES string of the molecule is O=C(CNc1cc(Cl)ccc1N1CCOCC1)NCC1(c2ccccc2)CC1. The molecule has 5 nitrogen and oxygen atoms in total. The Labute approximate surface area is 171 Å². The highest BCUT2D eigenvalue weighted by molar-refractivity contribution is 6.31. The summed E-state index contributed by atoms with van der Waals surface area (Å²) in [6.07, 6.45) is 2.25. The van der Waals surface area contributed by atoms with Crippen LogP contribution in [0.1, 0.15) is 18.4 Å². The maximum absolute atomic E-state index is 12.5. The Morgan fingerprint density at radius 3 is 2.57 bits per heavy atom. The zero-order valence-corrected chi connectivity index (χ0v) is 16.7. The average Bonchev–Trinajstić information content (AvgIpc) is 3.53. The van der Waals surface area contributed by atoms with Crippen LogP contribution in [0, 0.1) is 0 Å². The highest BCUT2D eigenvalue weighted by atomic mass is 35.5. The highest BCUT2D eigenvalue weighted by Crippen LogP contribution is 2.47. The fourth-order valence-corrected chi connectivity index (χ4v) is 3.92. The van der Waals surface area contributed by atoms with Gasteiger partial charge >= 0.3 is 0 Å². The molecule has 0 aromatic heterocycles. The van der Waals surface area contributed by atoms with E-state index in [2.05, 4.69) is 39.8 Å². The van der Waals surface area contributed by atoms with Crippen LogP contribution in [0.3, 0.4) is 0 Å². The molecule has 6 heteroatoms. The molecule has 1 amide bonds. The quantitative estimate of drug-likeness (QED) is 0.748. The minimum atomic E-state index is -0.00453. The normalized spacial score (nSPS) is 17.8. The van der Waals surface area contributed by atoms with Gasteiger partial charge in [0.15, 0.2) is 0 Å². The molecule has 2 aromatic carbocycles. The predicted molar refractivity (Wildman–Crippen MR) is 113 cm³/mol. The van der Waals surface area contributed by atoms with Gasteiger partial charge in [-0.3, -0.25) is 4.79 Å². The van der Waals surface area contributed by atoms with Crippen LogP contribution >= 0.6 is 11.6 Å². The number of anilines is 2. The first-order valence-corrected chi connectivity index (χ1v) is 10.2. The third-order valence-electron chi connectivity index (χ3n) is 5.61. The van der Waals surface area contributed by atoms with Crippen molar-refractivity contribution >= 4 is 28.9 Å². The molecule has 2 N–H and O–H groups in total. The van der Waals surface area contributed by atoms with Crippen molar-refractivity contribution in [1.82, 2.24) is 5.32 Å². The third kappa shape index (κ3) is 4.42. The van der Waals surface area contributed by atoms with Gasteiger partial charge in [-0.1, -0.05) is 41.9 Å². The summed E-state index contributed by atoms with van der Waals surface area (Å²) in [6.45, 7) is 4.00. The molecule has 1 aliphatic heterocycles. The highest BCUT2D eigenvalue weighted by Gasteiger charge is 2.44. The van der Waals surface area contributed by atoms with Gasteiger partial charge in [0.1, 0.15) is 0 Å². The lowest BCUT2D eigenvalue weighted by atomic mass is 9.96. The summed E-state index contributed by atoms with van der Waals surface area (Å²) in [4.78, 5) is 14.7. The molecule has 0 radical (unpaired) electrons. The van der Waals surface area contributed by atoms with Crippen LogP contribution in [0.15, 0.2) is 48.5 Å². The molecule has 2 aromatic rings. The number of carbonyl (C=O) groups is 1. The summed E-state index contributed by atoms with van der Waals surface area (Å²) in [5.74, 6) is -0.00453. The van der Waals surface area contributed by atoms with E-state index in [4.69, 9.17) is 16.3 Å². The van der Waals surface area contributed by atoms with E-state index in [9.17, 15) is 4.79 Å². The molecule has 0 bridgehead atoms. The summed E-state index contributed by atoms with van der Waals surface area (Å²) < 4.78 is 5.44. The number of carbonyl (C=O) groups excluding carboxylic acids is 1. The lowest BCUT2D eigenvalue weighted by Gasteiger charge is -2.30. The van der Waals surface area contributed by atoms with Crippen molar-refractivity contribution in [1.29, 1.82) is 0 Å². The summed E-state index contributed by atoms with van der Waals surface area (Å²) >= 11 is 6.18. The zero-order valence-electron chi connectivity index (χ0n) is 15.9. The van der Waals surface area contributed by atoms with Gasteiger partial charge in [-0.25, -0.2) is 0 Å². The number of nitrogens with one attached hydrogen (secondary N) is 2. The number of amides is 1. The topological polar surface area (TPSA) is 53.6 Å². The van der Waals surface area contributed by atoms with Gasteiger partial charge in [-0.15, -0.1) is 0 Å². The van der Waals surface area contributed by atoms with Gasteiger partial charge in [0, 0.05) is 30.1 Å². The van der Waals surface area contributed by atoms with Crippen molar-refractivity contribution in [2.24, 2.45) is 0 Å². The average molecular weight is 400 g/mol. The Kier molecular flexibility index (Phi) is 5.74. The standard InChI is InChI=1S/C22H26ClN3O2/c23-18-6-7-20(26-10-12-28-13-11-26)19(14-18)24-15-21(27)25-16-22(8-9-22)17-4-2-1-3-5-17/h1-7,14,24H,8-13,15-16H2,(H,25,27). The van der Waals surface area contributed by atoms with Crippen molar-refractivity contribution in [3.8, 4) is 0 Å². The van der Waals surface area contributed by atoms with Crippen LogP contribution in [-0.4, -0.2) is 45.3 Å². The molecule has 0 atom stereocenters. The van der Waals surface area contributed by atoms with E-state index in [1.165, 1.54) is 5.56 Å². The maximum Gasteiger partial charge on any atom is 0.239 e.